The van der Waals surface area contributed by atoms with Crippen LogP contribution in [0.15, 0.2) is 59.1 Å². The van der Waals surface area contributed by atoms with Crippen LogP contribution in [0.3, 0.4) is 0 Å². The summed E-state index contributed by atoms with van der Waals surface area (Å²) >= 11 is 0. The van der Waals surface area contributed by atoms with Crippen molar-refractivity contribution in [2.24, 2.45) is 0 Å². The molecule has 0 saturated heterocycles. The van der Waals surface area contributed by atoms with Crippen LogP contribution >= 0.6 is 0 Å². The van der Waals surface area contributed by atoms with Gasteiger partial charge < -0.3 is 9.84 Å². The molecule has 0 bridgehead atoms. The smallest absolute Gasteiger partial charge is 0.259 e. The van der Waals surface area contributed by atoms with Gasteiger partial charge in [0.25, 0.3) is 11.6 Å². The van der Waals surface area contributed by atoms with Crippen molar-refractivity contribution in [1.29, 1.82) is 0 Å². The molecule has 0 unspecified atom stereocenters. The predicted octanol–water partition coefficient (Wildman–Crippen LogP) is 5.64. The van der Waals surface area contributed by atoms with Crippen molar-refractivity contribution in [3.8, 4) is 11.3 Å². The van der Waals surface area contributed by atoms with Crippen LogP contribution in [0.2, 0.25) is 0 Å². The molecule has 5 heteroatoms. The Balaban J connectivity index is 1.63. The van der Waals surface area contributed by atoms with Crippen molar-refractivity contribution >= 4 is 22.7 Å². The van der Waals surface area contributed by atoms with Crippen LogP contribution in [-0.2, 0) is 0 Å². The zero-order chi connectivity index (χ0) is 20.0. The molecular formula is C24H21N3O2. The number of hydrogen-bond donors (Lipinski definition) is 1. The molecule has 1 aliphatic carbocycles. The highest BCUT2D eigenvalue weighted by atomic mass is 16.5. The third-order valence-electron chi connectivity index (χ3n) is 5.34. The first kappa shape index (κ1) is 17.6. The van der Waals surface area contributed by atoms with Crippen molar-refractivity contribution in [1.82, 2.24) is 10.1 Å². The Morgan fingerprint density at radius 3 is 2.31 bits per heavy atom. The SMILES string of the molecule is Cc1ccc(NC(=O)c2cc(C3CC3)nc3onc(-c4ccc(C)cc4)c23)cc1. The Morgan fingerprint density at radius 1 is 1.00 bits per heavy atom. The summed E-state index contributed by atoms with van der Waals surface area (Å²) in [6.45, 7) is 4.06. The number of hydrogen-bond acceptors (Lipinski definition) is 4. The van der Waals surface area contributed by atoms with E-state index in [0.717, 1.165) is 40.9 Å². The number of nitrogens with one attached hydrogen (secondary N) is 1. The van der Waals surface area contributed by atoms with Crippen LogP contribution in [-0.4, -0.2) is 16.0 Å². The molecule has 2 heterocycles. The van der Waals surface area contributed by atoms with Crippen LogP contribution < -0.4 is 5.32 Å². The summed E-state index contributed by atoms with van der Waals surface area (Å²) < 4.78 is 5.57. The van der Waals surface area contributed by atoms with Crippen molar-refractivity contribution in [3.63, 3.8) is 0 Å². The van der Waals surface area contributed by atoms with Crippen molar-refractivity contribution in [2.75, 3.05) is 5.32 Å². The van der Waals surface area contributed by atoms with Crippen LogP contribution in [0.5, 0.6) is 0 Å². The minimum Gasteiger partial charge on any atom is -0.335 e. The van der Waals surface area contributed by atoms with Gasteiger partial charge in [0.1, 0.15) is 5.69 Å². The standard InChI is InChI=1S/C24H21N3O2/c1-14-3-7-17(8-4-14)22-21-19(23(28)25-18-11-5-15(2)6-12-18)13-20(16-9-10-16)26-24(21)29-27-22/h3-8,11-13,16H,9-10H2,1-2H3,(H,25,28). The fourth-order valence-electron chi connectivity index (χ4n) is 3.48. The first-order valence-corrected chi connectivity index (χ1v) is 9.84. The van der Waals surface area contributed by atoms with E-state index in [-0.39, 0.29) is 5.91 Å². The van der Waals surface area contributed by atoms with E-state index in [1.54, 1.807) is 0 Å². The van der Waals surface area contributed by atoms with E-state index in [1.807, 2.05) is 68.4 Å². The summed E-state index contributed by atoms with van der Waals surface area (Å²) in [6, 6.07) is 17.7. The van der Waals surface area contributed by atoms with Gasteiger partial charge in [-0.2, -0.15) is 0 Å². The number of aryl methyl sites for hydroxylation is 2. The Labute approximate surface area is 168 Å². The van der Waals surface area contributed by atoms with Crippen molar-refractivity contribution < 1.29 is 9.32 Å². The molecule has 1 N–H and O–H groups in total. The molecule has 1 fully saturated rings. The average Bonchev–Trinajstić information content (AvgIpc) is 3.49. The molecule has 0 atom stereocenters. The summed E-state index contributed by atoms with van der Waals surface area (Å²) in [5.74, 6) is 0.220. The molecule has 2 aromatic heterocycles. The van der Waals surface area contributed by atoms with Gasteiger partial charge in [0.2, 0.25) is 0 Å². The fourth-order valence-corrected chi connectivity index (χ4v) is 3.48. The number of aromatic nitrogens is 2. The minimum absolute atomic E-state index is 0.181. The quantitative estimate of drug-likeness (QED) is 0.495. The normalized spacial score (nSPS) is 13.6. The van der Waals surface area contributed by atoms with E-state index in [0.29, 0.717) is 28.3 Å². The molecule has 1 saturated carbocycles. The van der Waals surface area contributed by atoms with Crippen LogP contribution in [0.4, 0.5) is 5.69 Å². The van der Waals surface area contributed by atoms with Gasteiger partial charge in [-0.1, -0.05) is 52.7 Å². The second-order valence-electron chi connectivity index (χ2n) is 7.77. The van der Waals surface area contributed by atoms with E-state index in [2.05, 4.69) is 15.5 Å². The second kappa shape index (κ2) is 6.85. The molecule has 5 rings (SSSR count). The summed E-state index contributed by atoms with van der Waals surface area (Å²) in [7, 11) is 0. The maximum Gasteiger partial charge on any atom is 0.259 e. The maximum atomic E-state index is 13.2. The average molecular weight is 383 g/mol. The lowest BCUT2D eigenvalue weighted by molar-refractivity contribution is 0.102. The number of anilines is 1. The molecule has 0 radical (unpaired) electrons. The largest absolute Gasteiger partial charge is 0.335 e. The minimum atomic E-state index is -0.181. The molecule has 0 spiro atoms. The number of benzene rings is 2. The third-order valence-corrected chi connectivity index (χ3v) is 5.34. The Morgan fingerprint density at radius 2 is 1.66 bits per heavy atom. The number of amides is 1. The lowest BCUT2D eigenvalue weighted by Gasteiger charge is -2.09. The van der Waals surface area contributed by atoms with Crippen LogP contribution in [0, 0.1) is 13.8 Å². The van der Waals surface area contributed by atoms with E-state index in [4.69, 9.17) is 4.52 Å². The van der Waals surface area contributed by atoms with Gasteiger partial charge in [-0.05, 0) is 44.9 Å². The van der Waals surface area contributed by atoms with Gasteiger partial charge in [-0.15, -0.1) is 0 Å². The molecular weight excluding hydrogens is 362 g/mol. The zero-order valence-electron chi connectivity index (χ0n) is 16.4. The Bertz CT molecular complexity index is 1200. The lowest BCUT2D eigenvalue weighted by atomic mass is 10.0. The summed E-state index contributed by atoms with van der Waals surface area (Å²) in [5, 5.41) is 7.92. The maximum absolute atomic E-state index is 13.2. The van der Waals surface area contributed by atoms with Gasteiger partial charge in [-0.25, -0.2) is 4.98 Å². The first-order chi connectivity index (χ1) is 14.1. The molecule has 1 aliphatic rings. The Kier molecular flexibility index (Phi) is 4.16. The predicted molar refractivity (Wildman–Crippen MR) is 113 cm³/mol. The zero-order valence-corrected chi connectivity index (χ0v) is 16.4. The van der Waals surface area contributed by atoms with Gasteiger partial charge in [0.05, 0.1) is 10.9 Å². The third kappa shape index (κ3) is 3.40. The topological polar surface area (TPSA) is 68.0 Å². The monoisotopic (exact) mass is 383 g/mol. The van der Waals surface area contributed by atoms with Crippen LogP contribution in [0.25, 0.3) is 22.4 Å². The summed E-state index contributed by atoms with van der Waals surface area (Å²) in [5.41, 5.74) is 6.47. The van der Waals surface area contributed by atoms with Crippen LogP contribution in [0.1, 0.15) is 45.9 Å². The molecule has 2 aromatic carbocycles. The number of carbonyl (C=O) groups excluding carboxylic acids is 1. The fraction of sp³-hybridized carbons (Fsp3) is 0.208. The second-order valence-corrected chi connectivity index (χ2v) is 7.77. The van der Waals surface area contributed by atoms with Gasteiger partial charge in [-0.3, -0.25) is 4.79 Å². The van der Waals surface area contributed by atoms with E-state index < -0.39 is 0 Å². The highest BCUT2D eigenvalue weighted by molar-refractivity contribution is 6.14. The lowest BCUT2D eigenvalue weighted by Crippen LogP contribution is -2.13. The molecule has 4 aromatic rings. The Hall–Kier alpha value is -3.47. The highest BCUT2D eigenvalue weighted by Crippen LogP contribution is 2.41. The molecule has 29 heavy (non-hydrogen) atoms. The van der Waals surface area contributed by atoms with Gasteiger partial charge in [0, 0.05) is 22.9 Å². The summed E-state index contributed by atoms with van der Waals surface area (Å²) in [6.07, 6.45) is 2.19. The van der Waals surface area contributed by atoms with Gasteiger partial charge >= 0.3 is 0 Å². The van der Waals surface area contributed by atoms with Crippen molar-refractivity contribution in [2.45, 2.75) is 32.6 Å². The van der Waals surface area contributed by atoms with E-state index in [1.165, 1.54) is 0 Å². The number of rotatable bonds is 4. The molecule has 144 valence electrons. The number of pyridine rings is 1. The number of carbonyl (C=O) groups is 1. The molecule has 1 amide bonds. The number of nitrogens with zero attached hydrogens (tertiary/aromatic N) is 2. The number of fused-ring (bicyclic) bond motifs is 1. The molecule has 5 nitrogen and oxygen atoms in total. The summed E-state index contributed by atoms with van der Waals surface area (Å²) in [4.78, 5) is 17.9. The van der Waals surface area contributed by atoms with Crippen molar-refractivity contribution in [3.05, 3.63) is 77.0 Å². The van der Waals surface area contributed by atoms with E-state index >= 15 is 0 Å². The van der Waals surface area contributed by atoms with E-state index in [9.17, 15) is 4.79 Å². The first-order valence-electron chi connectivity index (χ1n) is 9.84. The van der Waals surface area contributed by atoms with Gasteiger partial charge in [0.15, 0.2) is 0 Å². The highest BCUT2D eigenvalue weighted by Gasteiger charge is 2.29. The molecule has 0 aliphatic heterocycles.